The van der Waals surface area contributed by atoms with Gasteiger partial charge in [-0.3, -0.25) is 0 Å². The molecule has 0 aliphatic heterocycles. The molecule has 2 atom stereocenters. The van der Waals surface area contributed by atoms with Crippen molar-refractivity contribution in [3.63, 3.8) is 0 Å². The van der Waals surface area contributed by atoms with Gasteiger partial charge < -0.3 is 20.9 Å². The van der Waals surface area contributed by atoms with E-state index in [-0.39, 0.29) is 0 Å². The second kappa shape index (κ2) is 15.7. The largest absolute Gasteiger partial charge is 0.414 e. The van der Waals surface area contributed by atoms with Crippen LogP contribution in [-0.2, 0) is 9.59 Å². The van der Waals surface area contributed by atoms with Gasteiger partial charge in [-0.05, 0) is 22.9 Å². The first-order chi connectivity index (χ1) is 15.6. The third-order valence-electron chi connectivity index (χ3n) is 3.47. The predicted octanol–water partition coefficient (Wildman–Crippen LogP) is 4.61. The Kier molecular flexibility index (Phi) is 12.8. The molecule has 10 heteroatoms. The van der Waals surface area contributed by atoms with Gasteiger partial charge in [-0.2, -0.15) is 0 Å². The van der Waals surface area contributed by atoms with E-state index in [0.29, 0.717) is 21.6 Å². The SMILES string of the molecule is N[C@@H](CSSC[C@H](N)C(=O)Oc1cccccccs1)C(=O)Oc1cccccccs1. The first-order valence-electron chi connectivity index (χ1n) is 9.49. The second-order valence-corrected chi connectivity index (χ2v) is 10.4. The molecule has 6 nitrogen and oxygen atoms in total. The third-order valence-corrected chi connectivity index (χ3v) is 7.43. The molecule has 0 spiro atoms. The molecule has 0 unspecified atom stereocenters. The molecule has 170 valence electrons. The normalized spacial score (nSPS) is 11.9. The summed E-state index contributed by atoms with van der Waals surface area (Å²) < 4.78 is 10.7. The van der Waals surface area contributed by atoms with Crippen molar-refractivity contribution in [2.45, 2.75) is 12.1 Å². The number of hydrogen-bond acceptors (Lipinski definition) is 10. The average molecular weight is 509 g/mol. The van der Waals surface area contributed by atoms with Gasteiger partial charge >= 0.3 is 11.9 Å². The molecular formula is C22H24N2O4S4. The van der Waals surface area contributed by atoms with Gasteiger partial charge in [0.15, 0.2) is 10.1 Å². The van der Waals surface area contributed by atoms with Gasteiger partial charge in [-0.15, -0.1) is 22.7 Å². The molecule has 2 rings (SSSR count). The van der Waals surface area contributed by atoms with Crippen LogP contribution in [0.3, 0.4) is 0 Å². The number of hydrogen-bond donors (Lipinski definition) is 2. The summed E-state index contributed by atoms with van der Waals surface area (Å²) >= 11 is 2.58. The topological polar surface area (TPSA) is 105 Å². The molecule has 0 saturated carbocycles. The summed E-state index contributed by atoms with van der Waals surface area (Å²) in [6.45, 7) is 0. The van der Waals surface area contributed by atoms with Crippen LogP contribution in [0.15, 0.2) is 83.6 Å². The van der Waals surface area contributed by atoms with Crippen molar-refractivity contribution in [1.82, 2.24) is 0 Å². The van der Waals surface area contributed by atoms with E-state index in [1.165, 1.54) is 44.3 Å². The number of esters is 2. The highest BCUT2D eigenvalue weighted by Crippen LogP contribution is 2.24. The van der Waals surface area contributed by atoms with Crippen LogP contribution in [0.5, 0.6) is 10.1 Å². The standard InChI is InChI=1S/C22H24N2O4S4/c23-17(21(25)27-19-11-7-3-1-5-9-13-29-19)15-31-32-16-18(24)22(26)28-20-12-8-4-2-6-10-14-30-20/h1-14,17-18H,15-16,23-24H2/t17-,18-/m0/s1. The Morgan fingerprint density at radius 3 is 1.50 bits per heavy atom. The lowest BCUT2D eigenvalue weighted by Gasteiger charge is -2.12. The molecular weight excluding hydrogens is 485 g/mol. The highest BCUT2D eigenvalue weighted by Gasteiger charge is 2.19. The van der Waals surface area contributed by atoms with Gasteiger partial charge in [0.25, 0.3) is 0 Å². The van der Waals surface area contributed by atoms with Crippen molar-refractivity contribution >= 4 is 56.2 Å². The Balaban J connectivity index is 1.75. The van der Waals surface area contributed by atoms with Gasteiger partial charge in [-0.25, -0.2) is 9.59 Å². The Bertz CT molecular complexity index is 838. The molecule has 0 amide bonds. The minimum absolute atomic E-state index is 0.319. The quantitative estimate of drug-likeness (QED) is 0.288. The number of carbonyl (C=O) groups excluding carboxylic acids is 2. The summed E-state index contributed by atoms with van der Waals surface area (Å²) in [6.07, 6.45) is 0. The first-order valence-corrected chi connectivity index (χ1v) is 13.7. The Morgan fingerprint density at radius 2 is 1.06 bits per heavy atom. The van der Waals surface area contributed by atoms with Crippen molar-refractivity contribution in [3.8, 4) is 10.1 Å². The van der Waals surface area contributed by atoms with Gasteiger partial charge in [0.05, 0.1) is 0 Å². The Labute approximate surface area is 203 Å². The maximum Gasteiger partial charge on any atom is 0.329 e. The summed E-state index contributed by atoms with van der Waals surface area (Å²) in [5.41, 5.74) is 11.9. The second-order valence-electron chi connectivity index (χ2n) is 6.03. The van der Waals surface area contributed by atoms with Gasteiger partial charge in [0, 0.05) is 11.5 Å². The summed E-state index contributed by atoms with van der Waals surface area (Å²) in [7, 11) is 2.70. The lowest BCUT2D eigenvalue weighted by atomic mass is 10.4. The van der Waals surface area contributed by atoms with Crippen LogP contribution < -0.4 is 20.9 Å². The molecule has 0 bridgehead atoms. The highest BCUT2D eigenvalue weighted by atomic mass is 33.1. The van der Waals surface area contributed by atoms with E-state index in [2.05, 4.69) is 0 Å². The summed E-state index contributed by atoms with van der Waals surface area (Å²) in [4.78, 5) is 24.4. The molecule has 0 radical (unpaired) electrons. The number of carbonyl (C=O) groups is 2. The molecule has 0 aliphatic carbocycles. The molecule has 2 aromatic rings. The molecule has 2 heterocycles. The van der Waals surface area contributed by atoms with Crippen LogP contribution >= 0.6 is 44.3 Å². The van der Waals surface area contributed by atoms with E-state index in [1.54, 1.807) is 24.3 Å². The minimum Gasteiger partial charge on any atom is -0.414 e. The predicted molar refractivity (Wildman–Crippen MR) is 136 cm³/mol. The zero-order valence-electron chi connectivity index (χ0n) is 17.1. The fourth-order valence-corrected chi connectivity index (χ4v) is 5.28. The smallest absolute Gasteiger partial charge is 0.329 e. The Morgan fingerprint density at radius 1 is 0.688 bits per heavy atom. The van der Waals surface area contributed by atoms with Crippen LogP contribution in [0.25, 0.3) is 0 Å². The third kappa shape index (κ3) is 11.0. The summed E-state index contributed by atoms with van der Waals surface area (Å²) in [6, 6.07) is 20.2. The summed E-state index contributed by atoms with van der Waals surface area (Å²) in [5.74, 6) is -0.399. The van der Waals surface area contributed by atoms with Crippen molar-refractivity contribution in [3.05, 3.63) is 83.6 Å². The molecule has 0 saturated heterocycles. The fraction of sp³-hybridized carbons (Fsp3) is 0.182. The Hall–Kier alpha value is -2.08. The molecule has 4 N–H and O–H groups in total. The maximum absolute atomic E-state index is 12.2. The number of nitrogens with two attached hydrogens (primary N) is 2. The monoisotopic (exact) mass is 508 g/mol. The molecule has 2 aromatic heterocycles. The number of ether oxygens (including phenoxy) is 2. The van der Waals surface area contributed by atoms with Crippen molar-refractivity contribution in [2.75, 3.05) is 11.5 Å². The van der Waals surface area contributed by atoms with E-state index in [0.717, 1.165) is 0 Å². The molecule has 0 fully saturated rings. The highest BCUT2D eigenvalue weighted by molar-refractivity contribution is 8.76. The van der Waals surface area contributed by atoms with Crippen LogP contribution in [0.2, 0.25) is 0 Å². The van der Waals surface area contributed by atoms with Crippen LogP contribution in [0.4, 0.5) is 0 Å². The van der Waals surface area contributed by atoms with E-state index >= 15 is 0 Å². The van der Waals surface area contributed by atoms with E-state index < -0.39 is 24.0 Å². The van der Waals surface area contributed by atoms with Crippen molar-refractivity contribution in [1.29, 1.82) is 0 Å². The lowest BCUT2D eigenvalue weighted by molar-refractivity contribution is -0.135. The van der Waals surface area contributed by atoms with Crippen LogP contribution in [0.1, 0.15) is 0 Å². The van der Waals surface area contributed by atoms with Crippen molar-refractivity contribution < 1.29 is 19.1 Å². The van der Waals surface area contributed by atoms with Gasteiger partial charge in [0.1, 0.15) is 12.1 Å². The lowest BCUT2D eigenvalue weighted by Crippen LogP contribution is -2.37. The molecule has 0 aromatic carbocycles. The molecule has 0 aliphatic rings. The van der Waals surface area contributed by atoms with Crippen LogP contribution in [0, 0.1) is 0 Å². The summed E-state index contributed by atoms with van der Waals surface area (Å²) in [5, 5.41) is 4.52. The van der Waals surface area contributed by atoms with E-state index in [9.17, 15) is 9.59 Å². The van der Waals surface area contributed by atoms with E-state index in [1.807, 2.05) is 59.3 Å². The zero-order chi connectivity index (χ0) is 23.0. The molecule has 32 heavy (non-hydrogen) atoms. The van der Waals surface area contributed by atoms with Gasteiger partial charge in [0.2, 0.25) is 0 Å². The van der Waals surface area contributed by atoms with Crippen molar-refractivity contribution in [2.24, 2.45) is 11.5 Å². The van der Waals surface area contributed by atoms with Crippen LogP contribution in [-0.4, -0.2) is 35.5 Å². The average Bonchev–Trinajstić information content (AvgIpc) is 3.00. The number of rotatable bonds is 9. The first kappa shape index (κ1) is 26.2. The minimum atomic E-state index is -0.802. The van der Waals surface area contributed by atoms with E-state index in [4.69, 9.17) is 20.9 Å². The maximum atomic E-state index is 12.2. The fourth-order valence-electron chi connectivity index (χ4n) is 1.88. The van der Waals surface area contributed by atoms with Gasteiger partial charge in [-0.1, -0.05) is 82.3 Å². The zero-order valence-corrected chi connectivity index (χ0v) is 20.3.